The zero-order valence-electron chi connectivity index (χ0n) is 16.2. The average Bonchev–Trinajstić information content (AvgIpc) is 2.86. The molecule has 0 radical (unpaired) electrons. The zero-order chi connectivity index (χ0) is 20.6. The van der Waals surface area contributed by atoms with Gasteiger partial charge in [-0.3, -0.25) is 9.00 Å². The standard InChI is InChI=1S/C22H22FNO3S/c1-13-16(9-14-5-7-15(8-6-14)28(4)27)18-10-20(23)21(24(2)3)11-19(18)17(13)12-22(25)26/h5-11H,12H2,1-4H3,(H,25,26). The van der Waals surface area contributed by atoms with Crippen molar-refractivity contribution in [2.45, 2.75) is 18.2 Å². The lowest BCUT2D eigenvalue weighted by Gasteiger charge is -2.16. The first kappa shape index (κ1) is 20.0. The van der Waals surface area contributed by atoms with Crippen LogP contribution in [-0.4, -0.2) is 35.6 Å². The van der Waals surface area contributed by atoms with Gasteiger partial charge in [-0.2, -0.15) is 0 Å². The van der Waals surface area contributed by atoms with E-state index in [1.807, 2.05) is 25.1 Å². The highest BCUT2D eigenvalue weighted by Crippen LogP contribution is 2.45. The summed E-state index contributed by atoms with van der Waals surface area (Å²) in [7, 11) is 2.45. The number of halogens is 1. The molecule has 0 bridgehead atoms. The lowest BCUT2D eigenvalue weighted by atomic mass is 9.99. The molecule has 0 saturated heterocycles. The summed E-state index contributed by atoms with van der Waals surface area (Å²) in [4.78, 5) is 13.8. The maximum absolute atomic E-state index is 14.6. The molecule has 0 aromatic heterocycles. The number of carboxylic acids is 1. The lowest BCUT2D eigenvalue weighted by Crippen LogP contribution is -2.11. The van der Waals surface area contributed by atoms with E-state index in [0.717, 1.165) is 27.2 Å². The van der Waals surface area contributed by atoms with Crippen LogP contribution in [0.2, 0.25) is 0 Å². The summed E-state index contributed by atoms with van der Waals surface area (Å²) in [6, 6.07) is 10.5. The van der Waals surface area contributed by atoms with E-state index in [1.54, 1.807) is 43.5 Å². The normalized spacial score (nSPS) is 15.7. The van der Waals surface area contributed by atoms with Gasteiger partial charge in [-0.15, -0.1) is 0 Å². The van der Waals surface area contributed by atoms with Gasteiger partial charge in [-0.05, 0) is 70.7 Å². The number of rotatable bonds is 5. The number of fused-ring (bicyclic) bond motifs is 1. The number of anilines is 1. The molecule has 1 aliphatic rings. The van der Waals surface area contributed by atoms with Crippen molar-refractivity contribution >= 4 is 39.7 Å². The third kappa shape index (κ3) is 3.78. The first-order valence-electron chi connectivity index (χ1n) is 8.77. The van der Waals surface area contributed by atoms with Gasteiger partial charge in [0.25, 0.3) is 0 Å². The Hall–Kier alpha value is -2.73. The molecular weight excluding hydrogens is 377 g/mol. The van der Waals surface area contributed by atoms with Gasteiger partial charge >= 0.3 is 5.97 Å². The fraction of sp³-hybridized carbons (Fsp3) is 0.227. The molecule has 146 valence electrons. The highest BCUT2D eigenvalue weighted by Gasteiger charge is 2.27. The number of hydrogen-bond acceptors (Lipinski definition) is 3. The Kier molecular flexibility index (Phi) is 5.52. The van der Waals surface area contributed by atoms with Crippen molar-refractivity contribution in [1.29, 1.82) is 0 Å². The maximum Gasteiger partial charge on any atom is 0.307 e. The van der Waals surface area contributed by atoms with E-state index in [9.17, 15) is 18.5 Å². The predicted octanol–water partition coefficient (Wildman–Crippen LogP) is 4.43. The van der Waals surface area contributed by atoms with E-state index in [1.165, 1.54) is 6.07 Å². The quantitative estimate of drug-likeness (QED) is 0.808. The lowest BCUT2D eigenvalue weighted by molar-refractivity contribution is -0.135. The summed E-state index contributed by atoms with van der Waals surface area (Å²) in [5, 5.41) is 9.34. The van der Waals surface area contributed by atoms with Crippen molar-refractivity contribution in [3.05, 3.63) is 64.5 Å². The number of carboxylic acid groups (broad SMARTS) is 1. The second-order valence-corrected chi connectivity index (χ2v) is 8.38. The highest BCUT2D eigenvalue weighted by atomic mass is 32.2. The molecule has 28 heavy (non-hydrogen) atoms. The predicted molar refractivity (Wildman–Crippen MR) is 112 cm³/mol. The minimum Gasteiger partial charge on any atom is -0.481 e. The number of benzene rings is 2. The molecular formula is C22H22FNO3S. The van der Waals surface area contributed by atoms with Gasteiger partial charge < -0.3 is 10.0 Å². The van der Waals surface area contributed by atoms with E-state index in [2.05, 4.69) is 0 Å². The Bertz CT molecular complexity index is 1040. The zero-order valence-corrected chi connectivity index (χ0v) is 17.1. The highest BCUT2D eigenvalue weighted by molar-refractivity contribution is 7.84. The Labute approximate surface area is 166 Å². The van der Waals surface area contributed by atoms with Crippen LogP contribution in [0, 0.1) is 5.82 Å². The van der Waals surface area contributed by atoms with Crippen molar-refractivity contribution in [1.82, 2.24) is 0 Å². The molecule has 0 fully saturated rings. The molecule has 1 unspecified atom stereocenters. The smallest absolute Gasteiger partial charge is 0.307 e. The summed E-state index contributed by atoms with van der Waals surface area (Å²) in [5.74, 6) is -1.28. The van der Waals surface area contributed by atoms with Gasteiger partial charge in [0, 0.05) is 36.0 Å². The van der Waals surface area contributed by atoms with Crippen LogP contribution in [0.5, 0.6) is 0 Å². The molecule has 2 aromatic carbocycles. The van der Waals surface area contributed by atoms with Gasteiger partial charge in [0.05, 0.1) is 12.1 Å². The molecule has 2 aromatic rings. The van der Waals surface area contributed by atoms with Crippen LogP contribution < -0.4 is 4.90 Å². The van der Waals surface area contributed by atoms with Gasteiger partial charge in [-0.25, -0.2) is 4.39 Å². The molecule has 4 nitrogen and oxygen atoms in total. The summed E-state index contributed by atoms with van der Waals surface area (Å²) in [6.45, 7) is 1.87. The number of carbonyl (C=O) groups is 1. The van der Waals surface area contributed by atoms with Gasteiger partial charge in [0.15, 0.2) is 0 Å². The SMILES string of the molecule is CC1=C(CC(=O)O)c2cc(N(C)C)c(F)cc2C1=Cc1ccc(S(C)=O)cc1. The number of nitrogens with zero attached hydrogens (tertiary/aromatic N) is 1. The summed E-state index contributed by atoms with van der Waals surface area (Å²) in [6.07, 6.45) is 3.42. The second-order valence-electron chi connectivity index (χ2n) is 7.00. The van der Waals surface area contributed by atoms with Crippen LogP contribution in [0.25, 0.3) is 17.2 Å². The summed E-state index contributed by atoms with van der Waals surface area (Å²) >= 11 is 0. The van der Waals surface area contributed by atoms with Crippen LogP contribution in [0.3, 0.4) is 0 Å². The van der Waals surface area contributed by atoms with Crippen molar-refractivity contribution in [3.8, 4) is 0 Å². The third-order valence-electron chi connectivity index (χ3n) is 4.89. The van der Waals surface area contributed by atoms with Crippen molar-refractivity contribution in [3.63, 3.8) is 0 Å². The van der Waals surface area contributed by atoms with Crippen LogP contribution in [0.1, 0.15) is 30.0 Å². The van der Waals surface area contributed by atoms with E-state index < -0.39 is 16.8 Å². The molecule has 0 amide bonds. The van der Waals surface area contributed by atoms with Gasteiger partial charge in [-0.1, -0.05) is 12.1 Å². The minimum atomic E-state index is -1.06. The maximum atomic E-state index is 14.6. The van der Waals surface area contributed by atoms with E-state index in [-0.39, 0.29) is 12.2 Å². The van der Waals surface area contributed by atoms with E-state index >= 15 is 0 Å². The minimum absolute atomic E-state index is 0.123. The second kappa shape index (κ2) is 7.72. The van der Waals surface area contributed by atoms with Crippen LogP contribution in [-0.2, 0) is 15.6 Å². The Morgan fingerprint density at radius 2 is 1.82 bits per heavy atom. The van der Waals surface area contributed by atoms with Gasteiger partial charge in [0.1, 0.15) is 5.82 Å². The van der Waals surface area contributed by atoms with E-state index in [4.69, 9.17) is 0 Å². The van der Waals surface area contributed by atoms with Crippen LogP contribution >= 0.6 is 0 Å². The molecule has 1 N–H and O–H groups in total. The molecule has 0 heterocycles. The van der Waals surface area contributed by atoms with Crippen molar-refractivity contribution in [2.75, 3.05) is 25.3 Å². The first-order valence-corrected chi connectivity index (χ1v) is 10.3. The average molecular weight is 399 g/mol. The van der Waals surface area contributed by atoms with Crippen molar-refractivity contribution < 1.29 is 18.5 Å². The number of hydrogen-bond donors (Lipinski definition) is 1. The molecule has 1 atom stereocenters. The van der Waals surface area contributed by atoms with Gasteiger partial charge in [0.2, 0.25) is 0 Å². The molecule has 0 aliphatic heterocycles. The largest absolute Gasteiger partial charge is 0.481 e. The van der Waals surface area contributed by atoms with E-state index in [0.29, 0.717) is 16.8 Å². The number of allylic oxidation sites excluding steroid dienone is 2. The van der Waals surface area contributed by atoms with Crippen molar-refractivity contribution in [2.24, 2.45) is 0 Å². The van der Waals surface area contributed by atoms with Crippen LogP contribution in [0.15, 0.2) is 46.9 Å². The molecule has 3 rings (SSSR count). The Morgan fingerprint density at radius 3 is 2.36 bits per heavy atom. The summed E-state index contributed by atoms with van der Waals surface area (Å²) < 4.78 is 26.2. The number of aliphatic carboxylic acids is 1. The Morgan fingerprint density at radius 1 is 1.18 bits per heavy atom. The molecule has 6 heteroatoms. The Balaban J connectivity index is 2.17. The fourth-order valence-electron chi connectivity index (χ4n) is 3.43. The fourth-order valence-corrected chi connectivity index (χ4v) is 3.95. The molecule has 0 saturated carbocycles. The first-order chi connectivity index (χ1) is 13.2. The van der Waals surface area contributed by atoms with Crippen LogP contribution in [0.4, 0.5) is 10.1 Å². The third-order valence-corrected chi connectivity index (χ3v) is 5.83. The topological polar surface area (TPSA) is 57.6 Å². The monoisotopic (exact) mass is 399 g/mol. The molecule has 0 spiro atoms. The molecule has 1 aliphatic carbocycles. The summed E-state index contributed by atoms with van der Waals surface area (Å²) in [5.41, 5.74) is 5.08.